The van der Waals surface area contributed by atoms with Gasteiger partial charge in [-0.2, -0.15) is 0 Å². The van der Waals surface area contributed by atoms with Crippen LogP contribution in [0.4, 0.5) is 17.1 Å². The summed E-state index contributed by atoms with van der Waals surface area (Å²) in [6.45, 7) is 0. The van der Waals surface area contributed by atoms with Crippen LogP contribution in [0.25, 0.3) is 55.0 Å². The molecule has 4 heteroatoms. The molecule has 0 fully saturated rings. The Hall–Kier alpha value is -4.99. The molecule has 8 rings (SSSR count). The van der Waals surface area contributed by atoms with Crippen LogP contribution in [-0.2, 0) is 0 Å². The number of nitrogens with zero attached hydrogens (tertiary/aromatic N) is 1. The molecular formula is C36H22ClNO2. The van der Waals surface area contributed by atoms with Crippen molar-refractivity contribution in [2.45, 2.75) is 0 Å². The van der Waals surface area contributed by atoms with E-state index in [-0.39, 0.29) is 0 Å². The molecule has 0 aliphatic rings. The van der Waals surface area contributed by atoms with E-state index in [1.807, 2.05) is 42.5 Å². The van der Waals surface area contributed by atoms with Gasteiger partial charge in [-0.1, -0.05) is 84.4 Å². The molecular weight excluding hydrogens is 514 g/mol. The first-order chi connectivity index (χ1) is 19.7. The highest BCUT2D eigenvalue weighted by Gasteiger charge is 2.17. The predicted molar refractivity (Wildman–Crippen MR) is 166 cm³/mol. The number of hydrogen-bond donors (Lipinski definition) is 0. The fourth-order valence-corrected chi connectivity index (χ4v) is 5.97. The third-order valence-electron chi connectivity index (χ3n) is 7.54. The maximum absolute atomic E-state index is 6.52. The normalized spacial score (nSPS) is 11.6. The number of rotatable bonds is 4. The van der Waals surface area contributed by atoms with Crippen LogP contribution in [0.15, 0.2) is 142 Å². The lowest BCUT2D eigenvalue weighted by Gasteiger charge is -2.25. The molecule has 0 amide bonds. The highest BCUT2D eigenvalue weighted by Crippen LogP contribution is 2.41. The van der Waals surface area contributed by atoms with Crippen LogP contribution in [0.3, 0.4) is 0 Å². The van der Waals surface area contributed by atoms with E-state index in [0.29, 0.717) is 5.02 Å². The first-order valence-electron chi connectivity index (χ1n) is 13.2. The summed E-state index contributed by atoms with van der Waals surface area (Å²) in [6.07, 6.45) is 0. The summed E-state index contributed by atoms with van der Waals surface area (Å²) >= 11 is 6.52. The molecule has 2 aromatic heterocycles. The van der Waals surface area contributed by atoms with Gasteiger partial charge in [0.2, 0.25) is 0 Å². The molecule has 6 aromatic carbocycles. The number of furan rings is 2. The fourth-order valence-electron chi connectivity index (χ4n) is 5.70. The second-order valence-electron chi connectivity index (χ2n) is 9.89. The molecule has 40 heavy (non-hydrogen) atoms. The molecule has 0 spiro atoms. The van der Waals surface area contributed by atoms with Crippen LogP contribution in [-0.4, -0.2) is 0 Å². The average Bonchev–Trinajstić information content (AvgIpc) is 3.57. The maximum atomic E-state index is 6.52. The van der Waals surface area contributed by atoms with Gasteiger partial charge < -0.3 is 13.7 Å². The van der Waals surface area contributed by atoms with Gasteiger partial charge in [-0.3, -0.25) is 0 Å². The van der Waals surface area contributed by atoms with Crippen molar-refractivity contribution >= 4 is 72.5 Å². The Kier molecular flexibility index (Phi) is 5.19. The zero-order valence-electron chi connectivity index (χ0n) is 21.3. The zero-order chi connectivity index (χ0) is 26.6. The summed E-state index contributed by atoms with van der Waals surface area (Å²) in [4.78, 5) is 2.24. The fraction of sp³-hybridized carbons (Fsp3) is 0. The third kappa shape index (κ3) is 3.59. The molecule has 0 bridgehead atoms. The minimum Gasteiger partial charge on any atom is -0.456 e. The first kappa shape index (κ1) is 22.9. The molecule has 0 radical (unpaired) electrons. The molecule has 0 atom stereocenters. The summed E-state index contributed by atoms with van der Waals surface area (Å²) in [5.74, 6) is 0. The average molecular weight is 536 g/mol. The van der Waals surface area contributed by atoms with Crippen LogP contribution < -0.4 is 4.90 Å². The van der Waals surface area contributed by atoms with Crippen LogP contribution in [0.1, 0.15) is 0 Å². The molecule has 190 valence electrons. The monoisotopic (exact) mass is 535 g/mol. The lowest BCUT2D eigenvalue weighted by atomic mass is 10.0. The summed E-state index contributed by atoms with van der Waals surface area (Å²) in [5.41, 5.74) is 8.68. The summed E-state index contributed by atoms with van der Waals surface area (Å²) in [6, 6.07) is 45.6. The lowest BCUT2D eigenvalue weighted by molar-refractivity contribution is 0.669. The van der Waals surface area contributed by atoms with E-state index in [9.17, 15) is 0 Å². The zero-order valence-corrected chi connectivity index (χ0v) is 22.1. The van der Waals surface area contributed by atoms with Crippen molar-refractivity contribution in [3.8, 4) is 11.1 Å². The van der Waals surface area contributed by atoms with Gasteiger partial charge in [0.1, 0.15) is 22.3 Å². The van der Waals surface area contributed by atoms with Crippen molar-refractivity contribution in [3.05, 3.63) is 138 Å². The first-order valence-corrected chi connectivity index (χ1v) is 13.6. The second kappa shape index (κ2) is 9.04. The van der Waals surface area contributed by atoms with Gasteiger partial charge >= 0.3 is 0 Å². The van der Waals surface area contributed by atoms with Crippen molar-refractivity contribution < 1.29 is 8.83 Å². The van der Waals surface area contributed by atoms with Gasteiger partial charge in [0, 0.05) is 50.2 Å². The van der Waals surface area contributed by atoms with Crippen LogP contribution >= 0.6 is 11.6 Å². The van der Waals surface area contributed by atoms with Crippen molar-refractivity contribution in [3.63, 3.8) is 0 Å². The quantitative estimate of drug-likeness (QED) is 0.224. The highest BCUT2D eigenvalue weighted by atomic mass is 35.5. The summed E-state index contributed by atoms with van der Waals surface area (Å²) < 4.78 is 12.5. The molecule has 0 unspecified atom stereocenters. The van der Waals surface area contributed by atoms with E-state index in [4.69, 9.17) is 20.4 Å². The van der Waals surface area contributed by atoms with Crippen LogP contribution in [0.2, 0.25) is 5.02 Å². The molecule has 2 heterocycles. The number of para-hydroxylation sites is 3. The third-order valence-corrected chi connectivity index (χ3v) is 7.86. The van der Waals surface area contributed by atoms with Crippen LogP contribution in [0, 0.1) is 0 Å². The number of benzene rings is 6. The van der Waals surface area contributed by atoms with Gasteiger partial charge in [-0.05, 0) is 60.2 Å². The largest absolute Gasteiger partial charge is 0.456 e. The SMILES string of the molecule is Clc1cccc2oc3cc(N(c4ccccc4)c4ccc(-c5cccc6c5oc5ccccc56)cc4)ccc3c12. The highest BCUT2D eigenvalue weighted by molar-refractivity contribution is 6.37. The predicted octanol–water partition coefficient (Wildman–Crippen LogP) is 11.3. The van der Waals surface area contributed by atoms with E-state index in [0.717, 1.165) is 72.1 Å². The van der Waals surface area contributed by atoms with Crippen LogP contribution in [0.5, 0.6) is 0 Å². The van der Waals surface area contributed by atoms with E-state index >= 15 is 0 Å². The Morgan fingerprint density at radius 1 is 0.475 bits per heavy atom. The standard InChI is InChI=1S/C36H22ClNO2/c37-31-13-7-15-33-35(31)30-21-20-26(22-34(30)39-33)38(24-8-2-1-3-9-24)25-18-16-23(17-19-25)27-11-6-12-29-28-10-4-5-14-32(28)40-36(27)29/h1-22H. The Morgan fingerprint density at radius 2 is 1.18 bits per heavy atom. The Morgan fingerprint density at radius 3 is 2.05 bits per heavy atom. The number of fused-ring (bicyclic) bond motifs is 6. The molecule has 0 aliphatic carbocycles. The van der Waals surface area contributed by atoms with Crippen molar-refractivity contribution in [2.75, 3.05) is 4.90 Å². The molecule has 0 N–H and O–H groups in total. The minimum atomic E-state index is 0.693. The summed E-state index contributed by atoms with van der Waals surface area (Å²) in [5, 5.41) is 4.91. The van der Waals surface area contributed by atoms with Gasteiger partial charge in [0.25, 0.3) is 0 Å². The van der Waals surface area contributed by atoms with Crippen molar-refractivity contribution in [2.24, 2.45) is 0 Å². The number of anilines is 3. The lowest BCUT2D eigenvalue weighted by Crippen LogP contribution is -2.09. The Balaban J connectivity index is 1.25. The summed E-state index contributed by atoms with van der Waals surface area (Å²) in [7, 11) is 0. The smallest absolute Gasteiger partial charge is 0.143 e. The van der Waals surface area contributed by atoms with E-state index < -0.39 is 0 Å². The van der Waals surface area contributed by atoms with Gasteiger partial charge in [0.05, 0.1) is 5.02 Å². The second-order valence-corrected chi connectivity index (χ2v) is 10.3. The van der Waals surface area contributed by atoms with E-state index in [1.165, 1.54) is 0 Å². The van der Waals surface area contributed by atoms with Gasteiger partial charge in [-0.15, -0.1) is 0 Å². The van der Waals surface area contributed by atoms with Crippen molar-refractivity contribution in [1.29, 1.82) is 0 Å². The minimum absolute atomic E-state index is 0.693. The van der Waals surface area contributed by atoms with E-state index in [1.54, 1.807) is 0 Å². The topological polar surface area (TPSA) is 29.5 Å². The van der Waals surface area contributed by atoms with Gasteiger partial charge in [-0.25, -0.2) is 0 Å². The Labute approximate surface area is 235 Å². The number of hydrogen-bond acceptors (Lipinski definition) is 3. The number of halogens is 1. The molecule has 3 nitrogen and oxygen atoms in total. The molecule has 0 aliphatic heterocycles. The van der Waals surface area contributed by atoms with E-state index in [2.05, 4.69) is 95.9 Å². The Bertz CT molecular complexity index is 2180. The molecule has 0 saturated carbocycles. The van der Waals surface area contributed by atoms with Gasteiger partial charge in [0.15, 0.2) is 0 Å². The molecule has 8 aromatic rings. The maximum Gasteiger partial charge on any atom is 0.143 e. The molecule has 0 saturated heterocycles. The van der Waals surface area contributed by atoms with Crippen molar-refractivity contribution in [1.82, 2.24) is 0 Å².